The molecule has 28 heavy (non-hydrogen) atoms. The number of rotatable bonds is 5. The second-order valence-electron chi connectivity index (χ2n) is 6.97. The lowest BCUT2D eigenvalue weighted by Crippen LogP contribution is -2.06. The summed E-state index contributed by atoms with van der Waals surface area (Å²) in [6.45, 7) is 0.752. The summed E-state index contributed by atoms with van der Waals surface area (Å²) in [4.78, 5) is 6.50. The molecule has 3 aromatic carbocycles. The highest BCUT2D eigenvalue weighted by molar-refractivity contribution is 9.10. The summed E-state index contributed by atoms with van der Waals surface area (Å²) in [7, 11) is 5.64. The molecule has 0 fully saturated rings. The van der Waals surface area contributed by atoms with E-state index in [4.69, 9.17) is 4.74 Å². The molecule has 142 valence electrons. The summed E-state index contributed by atoms with van der Waals surface area (Å²) in [5.74, 6) is 0.860. The molecule has 0 bridgehead atoms. The van der Waals surface area contributed by atoms with E-state index >= 15 is 0 Å². The van der Waals surface area contributed by atoms with Crippen LogP contribution >= 0.6 is 15.9 Å². The van der Waals surface area contributed by atoms with E-state index in [0.29, 0.717) is 0 Å². The molecule has 0 aliphatic carbocycles. The highest BCUT2D eigenvalue weighted by Crippen LogP contribution is 2.33. The molecule has 0 saturated heterocycles. The van der Waals surface area contributed by atoms with Crippen LogP contribution < -0.4 is 4.74 Å². The van der Waals surface area contributed by atoms with Gasteiger partial charge in [0.1, 0.15) is 5.75 Å². The van der Waals surface area contributed by atoms with E-state index in [1.165, 1.54) is 27.4 Å². The van der Waals surface area contributed by atoms with Crippen molar-refractivity contribution >= 4 is 49.8 Å². The number of nitrogens with zero attached hydrogens (tertiary/aromatic N) is 3. The van der Waals surface area contributed by atoms with Crippen molar-refractivity contribution in [3.63, 3.8) is 0 Å². The molecule has 4 aromatic rings. The molecule has 0 aliphatic rings. The van der Waals surface area contributed by atoms with Crippen LogP contribution in [0.3, 0.4) is 0 Å². The van der Waals surface area contributed by atoms with E-state index < -0.39 is 0 Å². The third kappa shape index (κ3) is 3.50. The molecule has 0 N–H and O–H groups in total. The summed E-state index contributed by atoms with van der Waals surface area (Å²) in [5, 5.41) is 2.45. The number of halogens is 1. The first-order chi connectivity index (χ1) is 13.6. The molecule has 0 unspecified atom stereocenters. The van der Waals surface area contributed by atoms with Crippen molar-refractivity contribution < 1.29 is 4.74 Å². The van der Waals surface area contributed by atoms with Gasteiger partial charge in [0.2, 0.25) is 0 Å². The van der Waals surface area contributed by atoms with Crippen molar-refractivity contribution in [1.82, 2.24) is 9.47 Å². The lowest BCUT2D eigenvalue weighted by Gasteiger charge is -2.11. The fraction of sp³-hybridized carbons (Fsp3) is 0.174. The van der Waals surface area contributed by atoms with Gasteiger partial charge in [-0.3, -0.25) is 0 Å². The minimum absolute atomic E-state index is 0.752. The highest BCUT2D eigenvalue weighted by atomic mass is 79.9. The van der Waals surface area contributed by atoms with Gasteiger partial charge in [0, 0.05) is 46.9 Å². The lowest BCUT2D eigenvalue weighted by molar-refractivity contribution is 0.414. The number of fused-ring (bicyclic) bond motifs is 3. The monoisotopic (exact) mass is 435 g/mol. The van der Waals surface area contributed by atoms with Crippen molar-refractivity contribution in [2.24, 2.45) is 4.99 Å². The predicted octanol–water partition coefficient (Wildman–Crippen LogP) is 5.84. The average Bonchev–Trinajstić information content (AvgIpc) is 3.01. The van der Waals surface area contributed by atoms with E-state index in [9.17, 15) is 0 Å². The zero-order chi connectivity index (χ0) is 19.7. The lowest BCUT2D eigenvalue weighted by atomic mass is 10.1. The van der Waals surface area contributed by atoms with Crippen LogP contribution in [0, 0.1) is 0 Å². The first kappa shape index (κ1) is 18.6. The number of methoxy groups -OCH3 is 1. The number of hydrogen-bond donors (Lipinski definition) is 0. The van der Waals surface area contributed by atoms with Gasteiger partial charge in [-0.2, -0.15) is 0 Å². The molecular weight excluding hydrogens is 414 g/mol. The molecule has 4 rings (SSSR count). The molecule has 0 spiro atoms. The van der Waals surface area contributed by atoms with Gasteiger partial charge in [-0.05, 0) is 48.0 Å². The second kappa shape index (κ2) is 7.68. The van der Waals surface area contributed by atoms with Crippen LogP contribution in [0.5, 0.6) is 5.75 Å². The van der Waals surface area contributed by atoms with E-state index in [2.05, 4.69) is 74.0 Å². The Morgan fingerprint density at radius 3 is 2.57 bits per heavy atom. The largest absolute Gasteiger partial charge is 0.497 e. The third-order valence-electron chi connectivity index (χ3n) is 4.78. The second-order valence-corrected chi connectivity index (χ2v) is 7.82. The number of aromatic nitrogens is 1. The molecule has 0 saturated carbocycles. The first-order valence-corrected chi connectivity index (χ1v) is 9.90. The van der Waals surface area contributed by atoms with Crippen LogP contribution in [-0.2, 0) is 6.54 Å². The average molecular weight is 436 g/mol. The Morgan fingerprint density at radius 1 is 1.00 bits per heavy atom. The van der Waals surface area contributed by atoms with Crippen molar-refractivity contribution in [3.05, 3.63) is 70.7 Å². The summed E-state index contributed by atoms with van der Waals surface area (Å²) in [6, 6.07) is 21.0. The van der Waals surface area contributed by atoms with E-state index in [1.807, 2.05) is 37.5 Å². The van der Waals surface area contributed by atoms with Gasteiger partial charge in [-0.25, -0.2) is 4.99 Å². The van der Waals surface area contributed by atoms with Gasteiger partial charge in [0.15, 0.2) is 0 Å². The van der Waals surface area contributed by atoms with Crippen molar-refractivity contribution in [3.8, 4) is 5.75 Å². The smallest absolute Gasteiger partial charge is 0.119 e. The minimum atomic E-state index is 0.752. The molecule has 5 heteroatoms. The Labute approximate surface area is 173 Å². The Balaban J connectivity index is 1.88. The van der Waals surface area contributed by atoms with Gasteiger partial charge in [-0.15, -0.1) is 0 Å². The summed E-state index contributed by atoms with van der Waals surface area (Å²) in [5.41, 5.74) is 4.53. The molecule has 0 amide bonds. The van der Waals surface area contributed by atoms with Crippen LogP contribution in [-0.4, -0.2) is 37.0 Å². The maximum absolute atomic E-state index is 5.42. The van der Waals surface area contributed by atoms with Crippen molar-refractivity contribution in [1.29, 1.82) is 0 Å². The minimum Gasteiger partial charge on any atom is -0.497 e. The molecule has 1 heterocycles. The number of ether oxygens (including phenoxy) is 1. The molecule has 1 aromatic heterocycles. The van der Waals surface area contributed by atoms with E-state index in [-0.39, 0.29) is 0 Å². The van der Waals surface area contributed by atoms with Gasteiger partial charge in [0.25, 0.3) is 0 Å². The molecule has 0 atom stereocenters. The number of para-hydroxylation sites is 1. The quantitative estimate of drug-likeness (QED) is 0.291. The zero-order valence-electron chi connectivity index (χ0n) is 16.2. The Bertz CT molecular complexity index is 1180. The topological polar surface area (TPSA) is 29.8 Å². The third-order valence-corrected chi connectivity index (χ3v) is 5.55. The molecule has 0 radical (unpaired) electrons. The van der Waals surface area contributed by atoms with Gasteiger partial charge < -0.3 is 14.2 Å². The molecule has 4 nitrogen and oxygen atoms in total. The Morgan fingerprint density at radius 2 is 1.79 bits per heavy atom. The maximum Gasteiger partial charge on any atom is 0.119 e. The van der Waals surface area contributed by atoms with Crippen molar-refractivity contribution in [2.75, 3.05) is 21.2 Å². The van der Waals surface area contributed by atoms with Crippen LogP contribution in [0.4, 0.5) is 5.69 Å². The fourth-order valence-corrected chi connectivity index (χ4v) is 3.82. The van der Waals surface area contributed by atoms with Gasteiger partial charge in [-0.1, -0.05) is 34.1 Å². The molecule has 0 aliphatic heterocycles. The number of aliphatic imine (C=N–C) groups is 1. The normalized spacial score (nSPS) is 11.6. The van der Waals surface area contributed by atoms with Crippen LogP contribution in [0.25, 0.3) is 21.8 Å². The van der Waals surface area contributed by atoms with Gasteiger partial charge >= 0.3 is 0 Å². The predicted molar refractivity (Wildman–Crippen MR) is 121 cm³/mol. The SMILES string of the molecule is COc1ccc(Br)c(Cn2c3ccccc3c3cc(N=CN(C)C)ccc32)c1. The van der Waals surface area contributed by atoms with Crippen LogP contribution in [0.15, 0.2) is 70.1 Å². The van der Waals surface area contributed by atoms with E-state index in [0.717, 1.165) is 22.5 Å². The summed E-state index contributed by atoms with van der Waals surface area (Å²) >= 11 is 3.69. The fourth-order valence-electron chi connectivity index (χ4n) is 3.44. The highest BCUT2D eigenvalue weighted by Gasteiger charge is 2.13. The summed E-state index contributed by atoms with van der Waals surface area (Å²) in [6.07, 6.45) is 1.83. The summed E-state index contributed by atoms with van der Waals surface area (Å²) < 4.78 is 8.84. The zero-order valence-corrected chi connectivity index (χ0v) is 17.8. The van der Waals surface area contributed by atoms with Crippen molar-refractivity contribution in [2.45, 2.75) is 6.54 Å². The standard InChI is InChI=1S/C23H22BrN3O/c1-26(2)15-25-17-8-11-23-20(13-17)19-6-4-5-7-22(19)27(23)14-16-12-18(28-3)9-10-21(16)24/h4-13,15H,14H2,1-3H3. The van der Waals surface area contributed by atoms with Crippen LogP contribution in [0.1, 0.15) is 5.56 Å². The molecular formula is C23H22BrN3O. The number of hydrogen-bond acceptors (Lipinski definition) is 2. The van der Waals surface area contributed by atoms with Gasteiger partial charge in [0.05, 0.1) is 19.1 Å². The Kier molecular flexibility index (Phi) is 5.09. The Hall–Kier alpha value is -2.79. The van der Waals surface area contributed by atoms with Crippen LogP contribution in [0.2, 0.25) is 0 Å². The number of benzene rings is 3. The maximum atomic E-state index is 5.42. The first-order valence-electron chi connectivity index (χ1n) is 9.11. The van der Waals surface area contributed by atoms with E-state index in [1.54, 1.807) is 7.11 Å².